The second-order valence-corrected chi connectivity index (χ2v) is 6.14. The van der Waals surface area contributed by atoms with Crippen LogP contribution in [-0.2, 0) is 0 Å². The summed E-state index contributed by atoms with van der Waals surface area (Å²) in [6.07, 6.45) is 2.09. The van der Waals surface area contributed by atoms with Gasteiger partial charge in [0.05, 0.1) is 0 Å². The molecule has 1 aliphatic heterocycles. The first-order valence-electron chi connectivity index (χ1n) is 7.89. The Morgan fingerprint density at radius 1 is 1.48 bits per heavy atom. The fraction of sp³-hybridized carbons (Fsp3) is 0.412. The van der Waals surface area contributed by atoms with Crippen molar-refractivity contribution >= 4 is 5.91 Å². The smallest absolute Gasteiger partial charge is 0.269 e. The molecule has 0 radical (unpaired) electrons. The van der Waals surface area contributed by atoms with Gasteiger partial charge in [0.15, 0.2) is 0 Å². The Balaban J connectivity index is 1.73. The van der Waals surface area contributed by atoms with Gasteiger partial charge in [0, 0.05) is 24.2 Å². The van der Waals surface area contributed by atoms with E-state index in [1.807, 2.05) is 6.07 Å². The monoisotopic (exact) mass is 316 g/mol. The fourth-order valence-electron chi connectivity index (χ4n) is 3.26. The highest BCUT2D eigenvalue weighted by Crippen LogP contribution is 2.31. The highest BCUT2D eigenvalue weighted by atomic mass is 19.1. The molecule has 1 aromatic heterocycles. The van der Waals surface area contributed by atoms with Crippen LogP contribution in [0.3, 0.4) is 0 Å². The van der Waals surface area contributed by atoms with Crippen LogP contribution >= 0.6 is 0 Å². The van der Waals surface area contributed by atoms with E-state index in [4.69, 9.17) is 5.73 Å². The van der Waals surface area contributed by atoms with Crippen molar-refractivity contribution in [2.45, 2.75) is 31.7 Å². The molecule has 1 saturated heterocycles. The van der Waals surface area contributed by atoms with Crippen LogP contribution in [0.1, 0.15) is 53.5 Å². The predicted octanol–water partition coefficient (Wildman–Crippen LogP) is 2.59. The number of aromatic amines is 1. The normalized spacial score (nSPS) is 20.3. The van der Waals surface area contributed by atoms with Crippen LogP contribution in [0.25, 0.3) is 0 Å². The summed E-state index contributed by atoms with van der Waals surface area (Å²) in [6.45, 7) is 3.92. The third-order valence-corrected chi connectivity index (χ3v) is 4.62. The Morgan fingerprint density at radius 3 is 3.00 bits per heavy atom. The summed E-state index contributed by atoms with van der Waals surface area (Å²) in [5, 5.41) is 6.89. The van der Waals surface area contributed by atoms with Crippen molar-refractivity contribution in [2.75, 3.05) is 13.1 Å². The number of nitrogens with zero attached hydrogens (tertiary/aromatic N) is 2. The van der Waals surface area contributed by atoms with Crippen LogP contribution in [0.4, 0.5) is 4.39 Å². The van der Waals surface area contributed by atoms with E-state index < -0.39 is 5.91 Å². The lowest BCUT2D eigenvalue weighted by molar-refractivity contribution is 0.0995. The number of likely N-dealkylation sites (tertiary alicyclic amines) is 1. The van der Waals surface area contributed by atoms with Crippen LogP contribution in [-0.4, -0.2) is 34.1 Å². The van der Waals surface area contributed by atoms with Gasteiger partial charge in [0.2, 0.25) is 0 Å². The molecule has 1 aliphatic rings. The molecule has 122 valence electrons. The van der Waals surface area contributed by atoms with E-state index in [0.717, 1.165) is 37.2 Å². The maximum atomic E-state index is 13.4. The first-order chi connectivity index (χ1) is 11.0. The van der Waals surface area contributed by atoms with Crippen LogP contribution in [0.5, 0.6) is 0 Å². The van der Waals surface area contributed by atoms with Gasteiger partial charge in [-0.05, 0) is 50.1 Å². The van der Waals surface area contributed by atoms with Crippen LogP contribution in [0.2, 0.25) is 0 Å². The number of nitrogens with two attached hydrogens (primary N) is 1. The first kappa shape index (κ1) is 15.7. The van der Waals surface area contributed by atoms with E-state index >= 15 is 0 Å². The molecule has 0 bridgehead atoms. The second-order valence-electron chi connectivity index (χ2n) is 6.14. The number of H-pyrrole nitrogens is 1. The number of hydrogen-bond donors (Lipinski definition) is 2. The molecule has 2 aromatic rings. The average Bonchev–Trinajstić information content (AvgIpc) is 3.04. The minimum atomic E-state index is -0.520. The number of hydrogen-bond acceptors (Lipinski definition) is 3. The van der Waals surface area contributed by atoms with Crippen LogP contribution < -0.4 is 5.73 Å². The average molecular weight is 316 g/mol. The number of benzene rings is 1. The molecule has 0 saturated carbocycles. The van der Waals surface area contributed by atoms with Crippen LogP contribution in [0.15, 0.2) is 30.3 Å². The lowest BCUT2D eigenvalue weighted by Gasteiger charge is -2.36. The Labute approximate surface area is 134 Å². The van der Waals surface area contributed by atoms with Gasteiger partial charge in [-0.15, -0.1) is 0 Å². The number of nitrogens with one attached hydrogen (secondary N) is 1. The predicted molar refractivity (Wildman–Crippen MR) is 85.5 cm³/mol. The number of primary amides is 1. The summed E-state index contributed by atoms with van der Waals surface area (Å²) in [4.78, 5) is 13.5. The molecule has 2 heterocycles. The Morgan fingerprint density at radius 2 is 2.30 bits per heavy atom. The molecule has 1 amide bonds. The number of amides is 1. The van der Waals surface area contributed by atoms with E-state index in [2.05, 4.69) is 22.0 Å². The highest BCUT2D eigenvalue weighted by Gasteiger charge is 2.27. The molecule has 0 aliphatic carbocycles. The highest BCUT2D eigenvalue weighted by molar-refractivity contribution is 5.90. The lowest BCUT2D eigenvalue weighted by Crippen LogP contribution is -2.36. The van der Waals surface area contributed by atoms with Crippen molar-refractivity contribution in [3.8, 4) is 0 Å². The lowest BCUT2D eigenvalue weighted by atomic mass is 9.92. The summed E-state index contributed by atoms with van der Waals surface area (Å²) >= 11 is 0. The van der Waals surface area contributed by atoms with Crippen molar-refractivity contribution in [3.05, 3.63) is 53.1 Å². The molecule has 2 atom stereocenters. The number of carbonyl (C=O) groups excluding carboxylic acids is 1. The van der Waals surface area contributed by atoms with Gasteiger partial charge in [-0.1, -0.05) is 12.1 Å². The summed E-state index contributed by atoms with van der Waals surface area (Å²) in [5.41, 5.74) is 7.45. The Kier molecular flexibility index (Phi) is 4.43. The van der Waals surface area contributed by atoms with E-state index in [0.29, 0.717) is 0 Å². The number of carbonyl (C=O) groups is 1. The molecule has 1 aromatic carbocycles. The van der Waals surface area contributed by atoms with Gasteiger partial charge in [-0.2, -0.15) is 5.10 Å². The molecule has 3 rings (SSSR count). The topological polar surface area (TPSA) is 75.0 Å². The largest absolute Gasteiger partial charge is 0.364 e. The number of piperidine rings is 1. The zero-order valence-electron chi connectivity index (χ0n) is 13.1. The molecule has 23 heavy (non-hydrogen) atoms. The summed E-state index contributed by atoms with van der Waals surface area (Å²) in [5.74, 6) is -0.448. The molecule has 3 N–H and O–H groups in total. The quantitative estimate of drug-likeness (QED) is 0.910. The van der Waals surface area contributed by atoms with Gasteiger partial charge in [0.25, 0.3) is 5.91 Å². The van der Waals surface area contributed by atoms with Crippen molar-refractivity contribution in [1.29, 1.82) is 0 Å². The fourth-order valence-corrected chi connectivity index (χ4v) is 3.26. The number of aromatic nitrogens is 2. The maximum absolute atomic E-state index is 13.4. The van der Waals surface area contributed by atoms with E-state index in [1.165, 1.54) is 6.07 Å². The van der Waals surface area contributed by atoms with Crippen LogP contribution in [0, 0.1) is 5.82 Å². The van der Waals surface area contributed by atoms with E-state index in [-0.39, 0.29) is 23.5 Å². The van der Waals surface area contributed by atoms with Gasteiger partial charge < -0.3 is 5.73 Å². The summed E-state index contributed by atoms with van der Waals surface area (Å²) in [7, 11) is 0. The standard InChI is InChI=1S/C17H21FN4O/c1-11(12-4-2-6-14(18)8-12)22-7-3-5-13(10-22)15-9-16(17(19)23)21-20-15/h2,4,6,8-9,11,13H,3,5,7,10H2,1H3,(H2,19,23)(H,20,21)/t11-,13+/m1/s1. The van der Waals surface area contributed by atoms with Crippen molar-refractivity contribution in [3.63, 3.8) is 0 Å². The number of rotatable bonds is 4. The molecular formula is C17H21FN4O. The molecule has 0 spiro atoms. The summed E-state index contributed by atoms with van der Waals surface area (Å²) < 4.78 is 13.4. The third-order valence-electron chi connectivity index (χ3n) is 4.62. The van der Waals surface area contributed by atoms with Crippen molar-refractivity contribution in [1.82, 2.24) is 15.1 Å². The zero-order chi connectivity index (χ0) is 16.4. The van der Waals surface area contributed by atoms with Gasteiger partial charge in [0.1, 0.15) is 11.5 Å². The van der Waals surface area contributed by atoms with Crippen molar-refractivity contribution in [2.24, 2.45) is 5.73 Å². The first-order valence-corrected chi connectivity index (χ1v) is 7.89. The van der Waals surface area contributed by atoms with E-state index in [1.54, 1.807) is 18.2 Å². The van der Waals surface area contributed by atoms with Gasteiger partial charge in [-0.3, -0.25) is 14.8 Å². The molecule has 6 heteroatoms. The molecule has 0 unspecified atom stereocenters. The minimum Gasteiger partial charge on any atom is -0.364 e. The zero-order valence-corrected chi connectivity index (χ0v) is 13.1. The van der Waals surface area contributed by atoms with E-state index in [9.17, 15) is 9.18 Å². The third kappa shape index (κ3) is 3.42. The Hall–Kier alpha value is -2.21. The second kappa shape index (κ2) is 6.50. The molecular weight excluding hydrogens is 295 g/mol. The number of halogens is 1. The molecule has 5 nitrogen and oxygen atoms in total. The Bertz CT molecular complexity index is 699. The molecule has 1 fully saturated rings. The SMILES string of the molecule is C[C@H](c1cccc(F)c1)N1CCC[C@H](c2cc(C(N)=O)n[nH]2)C1. The van der Waals surface area contributed by atoms with Crippen molar-refractivity contribution < 1.29 is 9.18 Å². The van der Waals surface area contributed by atoms with Gasteiger partial charge in [-0.25, -0.2) is 4.39 Å². The minimum absolute atomic E-state index is 0.145. The summed E-state index contributed by atoms with van der Waals surface area (Å²) in [6, 6.07) is 8.64. The maximum Gasteiger partial charge on any atom is 0.269 e. The van der Waals surface area contributed by atoms with Gasteiger partial charge >= 0.3 is 0 Å².